The summed E-state index contributed by atoms with van der Waals surface area (Å²) in [5, 5.41) is 11.4. The molecule has 1 saturated heterocycles. The van der Waals surface area contributed by atoms with Gasteiger partial charge in [0.15, 0.2) is 11.5 Å². The zero-order valence-electron chi connectivity index (χ0n) is 16.9. The Hall–Kier alpha value is -3.41. The summed E-state index contributed by atoms with van der Waals surface area (Å²) < 4.78 is 0. The maximum absolute atomic E-state index is 12.6. The summed E-state index contributed by atoms with van der Waals surface area (Å²) >= 11 is 0. The minimum absolute atomic E-state index is 0.249. The van der Waals surface area contributed by atoms with Gasteiger partial charge in [-0.15, -0.1) is 10.2 Å². The van der Waals surface area contributed by atoms with Crippen molar-refractivity contribution in [2.75, 3.05) is 34.8 Å². The van der Waals surface area contributed by atoms with Crippen LogP contribution in [-0.4, -0.2) is 35.7 Å². The van der Waals surface area contributed by atoms with Crippen LogP contribution in [0.2, 0.25) is 0 Å². The van der Waals surface area contributed by atoms with Crippen LogP contribution in [0.4, 0.5) is 22.9 Å². The van der Waals surface area contributed by atoms with Crippen molar-refractivity contribution in [2.24, 2.45) is 0 Å². The first-order valence-corrected chi connectivity index (χ1v) is 10.6. The van der Waals surface area contributed by atoms with Crippen LogP contribution in [0.5, 0.6) is 0 Å². The largest absolute Gasteiger partial charge is 0.372 e. The molecule has 6 nitrogen and oxygen atoms in total. The van der Waals surface area contributed by atoms with Crippen molar-refractivity contribution in [3.63, 3.8) is 0 Å². The number of rotatable bonds is 4. The Bertz CT molecular complexity index is 1030. The molecule has 0 bridgehead atoms. The van der Waals surface area contributed by atoms with E-state index in [2.05, 4.69) is 55.6 Å². The van der Waals surface area contributed by atoms with Crippen molar-refractivity contribution in [3.8, 4) is 0 Å². The van der Waals surface area contributed by atoms with Gasteiger partial charge in [-0.1, -0.05) is 18.2 Å². The average Bonchev–Trinajstić information content (AvgIpc) is 3.24. The Morgan fingerprint density at radius 2 is 1.63 bits per heavy atom. The van der Waals surface area contributed by atoms with Crippen LogP contribution in [-0.2, 0) is 6.42 Å². The van der Waals surface area contributed by atoms with Gasteiger partial charge in [0, 0.05) is 36.7 Å². The highest BCUT2D eigenvalue weighted by Crippen LogP contribution is 2.32. The van der Waals surface area contributed by atoms with Crippen molar-refractivity contribution >= 4 is 28.8 Å². The molecule has 0 aliphatic carbocycles. The normalized spacial score (nSPS) is 15.7. The van der Waals surface area contributed by atoms with E-state index in [1.54, 1.807) is 6.07 Å². The van der Waals surface area contributed by atoms with Gasteiger partial charge in [0.2, 0.25) is 0 Å². The quantitative estimate of drug-likeness (QED) is 0.704. The molecule has 0 atom stereocenters. The van der Waals surface area contributed by atoms with E-state index in [1.807, 2.05) is 24.3 Å². The van der Waals surface area contributed by atoms with Gasteiger partial charge in [0.05, 0.1) is 0 Å². The van der Waals surface area contributed by atoms with E-state index < -0.39 is 0 Å². The number of anilines is 4. The number of nitrogens with one attached hydrogen (secondary N) is 1. The third-order valence-corrected chi connectivity index (χ3v) is 5.89. The van der Waals surface area contributed by atoms with Gasteiger partial charge in [-0.05, 0) is 73.7 Å². The van der Waals surface area contributed by atoms with E-state index >= 15 is 0 Å². The molecule has 0 spiro atoms. The molecule has 2 aromatic carbocycles. The fourth-order valence-corrected chi connectivity index (χ4v) is 4.27. The molecule has 3 heterocycles. The van der Waals surface area contributed by atoms with Gasteiger partial charge in [0.1, 0.15) is 0 Å². The number of piperidine rings is 1. The lowest BCUT2D eigenvalue weighted by Gasteiger charge is -2.28. The molecule has 0 unspecified atom stereocenters. The second-order valence-electron chi connectivity index (χ2n) is 7.86. The number of carbonyl (C=O) groups is 1. The van der Waals surface area contributed by atoms with Crippen LogP contribution in [0.25, 0.3) is 0 Å². The van der Waals surface area contributed by atoms with Crippen molar-refractivity contribution in [2.45, 2.75) is 25.7 Å². The molecule has 1 aromatic heterocycles. The number of para-hydroxylation sites is 1. The predicted molar refractivity (Wildman–Crippen MR) is 120 cm³/mol. The van der Waals surface area contributed by atoms with Gasteiger partial charge >= 0.3 is 0 Å². The Balaban J connectivity index is 1.24. The molecule has 2 aliphatic heterocycles. The Morgan fingerprint density at radius 3 is 2.40 bits per heavy atom. The zero-order valence-corrected chi connectivity index (χ0v) is 16.9. The highest BCUT2D eigenvalue weighted by atomic mass is 16.1. The number of aromatic nitrogens is 2. The molecule has 5 rings (SSSR count). The molecule has 0 radical (unpaired) electrons. The second-order valence-corrected chi connectivity index (χ2v) is 7.86. The highest BCUT2D eigenvalue weighted by molar-refractivity contribution is 6.02. The maximum atomic E-state index is 12.6. The lowest BCUT2D eigenvalue weighted by Crippen LogP contribution is -2.29. The zero-order chi connectivity index (χ0) is 20.3. The summed E-state index contributed by atoms with van der Waals surface area (Å²) in [4.78, 5) is 17.1. The predicted octanol–water partition coefficient (Wildman–Crippen LogP) is 4.41. The van der Waals surface area contributed by atoms with Gasteiger partial charge < -0.3 is 15.1 Å². The Morgan fingerprint density at radius 1 is 0.833 bits per heavy atom. The molecule has 0 saturated carbocycles. The van der Waals surface area contributed by atoms with Gasteiger partial charge in [-0.25, -0.2) is 0 Å². The standard InChI is InChI=1S/C24H25N5O/c30-24(25-19-8-10-20(11-9-19)28-15-4-1-5-16-28)21-12-13-23(27-26-21)29-17-14-18-6-2-3-7-22(18)29/h2-3,6-13H,1,4-5,14-17H2,(H,25,30). The summed E-state index contributed by atoms with van der Waals surface area (Å²) in [6, 6.07) is 20.0. The number of nitrogens with zero attached hydrogens (tertiary/aromatic N) is 4. The van der Waals surface area contributed by atoms with Crippen LogP contribution < -0.4 is 15.1 Å². The monoisotopic (exact) mass is 399 g/mol. The molecule has 1 amide bonds. The molecular formula is C24H25N5O. The van der Waals surface area contributed by atoms with Crippen LogP contribution >= 0.6 is 0 Å². The topological polar surface area (TPSA) is 61.4 Å². The van der Waals surface area contributed by atoms with Crippen molar-refractivity contribution in [1.82, 2.24) is 10.2 Å². The molecule has 1 N–H and O–H groups in total. The lowest BCUT2D eigenvalue weighted by atomic mass is 10.1. The minimum Gasteiger partial charge on any atom is -0.372 e. The number of hydrogen-bond acceptors (Lipinski definition) is 5. The van der Waals surface area contributed by atoms with Crippen LogP contribution in [0.3, 0.4) is 0 Å². The molecule has 3 aromatic rings. The van der Waals surface area contributed by atoms with Crippen LogP contribution in [0.1, 0.15) is 35.3 Å². The number of benzene rings is 2. The molecule has 1 fully saturated rings. The summed E-state index contributed by atoms with van der Waals surface area (Å²) in [6.07, 6.45) is 4.80. The summed E-state index contributed by atoms with van der Waals surface area (Å²) in [6.45, 7) is 3.09. The lowest BCUT2D eigenvalue weighted by molar-refractivity contribution is 0.102. The number of fused-ring (bicyclic) bond motifs is 1. The first-order chi connectivity index (χ1) is 14.8. The maximum Gasteiger partial charge on any atom is 0.276 e. The molecule has 152 valence electrons. The van der Waals surface area contributed by atoms with E-state index in [1.165, 1.54) is 30.5 Å². The fraction of sp³-hybridized carbons (Fsp3) is 0.292. The summed E-state index contributed by atoms with van der Waals surface area (Å²) in [5.74, 6) is 0.518. The Labute approximate surface area is 176 Å². The molecule has 6 heteroatoms. The average molecular weight is 399 g/mol. The van der Waals surface area contributed by atoms with E-state index in [-0.39, 0.29) is 5.91 Å². The number of hydrogen-bond donors (Lipinski definition) is 1. The van der Waals surface area contributed by atoms with Crippen molar-refractivity contribution < 1.29 is 4.79 Å². The summed E-state index contributed by atoms with van der Waals surface area (Å²) in [7, 11) is 0. The first-order valence-electron chi connectivity index (χ1n) is 10.6. The van der Waals surface area contributed by atoms with E-state index in [0.29, 0.717) is 5.69 Å². The number of carbonyl (C=O) groups excluding carboxylic acids is 1. The van der Waals surface area contributed by atoms with E-state index in [4.69, 9.17) is 0 Å². The molecule has 2 aliphatic rings. The fourth-order valence-electron chi connectivity index (χ4n) is 4.27. The first kappa shape index (κ1) is 18.6. The highest BCUT2D eigenvalue weighted by Gasteiger charge is 2.21. The van der Waals surface area contributed by atoms with E-state index in [9.17, 15) is 4.79 Å². The minimum atomic E-state index is -0.249. The van der Waals surface area contributed by atoms with Gasteiger partial charge in [-0.2, -0.15) is 0 Å². The molecule has 30 heavy (non-hydrogen) atoms. The van der Waals surface area contributed by atoms with Crippen molar-refractivity contribution in [1.29, 1.82) is 0 Å². The van der Waals surface area contributed by atoms with Gasteiger partial charge in [0.25, 0.3) is 5.91 Å². The third-order valence-electron chi connectivity index (χ3n) is 5.89. The SMILES string of the molecule is O=C(Nc1ccc(N2CCCCC2)cc1)c1ccc(N2CCc3ccccc32)nn1. The molecular weight excluding hydrogens is 374 g/mol. The smallest absolute Gasteiger partial charge is 0.276 e. The summed E-state index contributed by atoms with van der Waals surface area (Å²) in [5.41, 5.74) is 4.76. The van der Waals surface area contributed by atoms with Crippen LogP contribution in [0, 0.1) is 0 Å². The van der Waals surface area contributed by atoms with Crippen molar-refractivity contribution in [3.05, 3.63) is 71.9 Å². The number of amides is 1. The van der Waals surface area contributed by atoms with Gasteiger partial charge in [-0.3, -0.25) is 4.79 Å². The Kier molecular flexibility index (Phi) is 5.05. The van der Waals surface area contributed by atoms with E-state index in [0.717, 1.165) is 43.2 Å². The third kappa shape index (κ3) is 3.73. The van der Waals surface area contributed by atoms with Crippen LogP contribution in [0.15, 0.2) is 60.7 Å². The second kappa shape index (κ2) is 8.14.